The highest BCUT2D eigenvalue weighted by molar-refractivity contribution is 5.94. The van der Waals surface area contributed by atoms with Crippen molar-refractivity contribution in [2.45, 2.75) is 45.7 Å². The van der Waals surface area contributed by atoms with Crippen LogP contribution in [0, 0.1) is 5.92 Å². The zero-order valence-corrected chi connectivity index (χ0v) is 16.2. The summed E-state index contributed by atoms with van der Waals surface area (Å²) in [6, 6.07) is 9.67. The van der Waals surface area contributed by atoms with Crippen molar-refractivity contribution in [2.24, 2.45) is 5.92 Å². The lowest BCUT2D eigenvalue weighted by Crippen LogP contribution is -2.51. The second-order valence-corrected chi connectivity index (χ2v) is 7.38. The summed E-state index contributed by atoms with van der Waals surface area (Å²) in [5.41, 5.74) is 2.39. The molecular weight excluding hydrogens is 342 g/mol. The summed E-state index contributed by atoms with van der Waals surface area (Å²) in [5, 5.41) is 5.61. The second-order valence-electron chi connectivity index (χ2n) is 7.38. The fourth-order valence-corrected chi connectivity index (χ4v) is 3.69. The van der Waals surface area contributed by atoms with Gasteiger partial charge in [-0.15, -0.1) is 0 Å². The molecule has 2 aliphatic rings. The largest absolute Gasteiger partial charge is 0.463 e. The van der Waals surface area contributed by atoms with Crippen LogP contribution in [-0.2, 0) is 16.1 Å². The maximum Gasteiger partial charge on any atom is 0.337 e. The van der Waals surface area contributed by atoms with Gasteiger partial charge in [0, 0.05) is 25.3 Å². The van der Waals surface area contributed by atoms with Crippen molar-refractivity contribution in [3.63, 3.8) is 0 Å². The zero-order valence-electron chi connectivity index (χ0n) is 16.2. The van der Waals surface area contributed by atoms with Crippen LogP contribution in [0.1, 0.15) is 38.7 Å². The van der Waals surface area contributed by atoms with Gasteiger partial charge >= 0.3 is 12.0 Å². The third-order valence-electron chi connectivity index (χ3n) is 5.24. The third-order valence-corrected chi connectivity index (χ3v) is 5.24. The molecule has 3 rings (SSSR count). The molecule has 0 bridgehead atoms. The number of nitrogens with zero attached hydrogens (tertiary/aromatic N) is 1. The average molecular weight is 371 g/mol. The molecule has 6 nitrogen and oxygen atoms in total. The first-order valence-electron chi connectivity index (χ1n) is 9.80. The summed E-state index contributed by atoms with van der Waals surface area (Å²) < 4.78 is 5.22. The van der Waals surface area contributed by atoms with Crippen molar-refractivity contribution in [1.29, 1.82) is 0 Å². The number of urea groups is 1. The normalized spacial score (nSPS) is 20.1. The molecule has 0 aromatic heterocycles. The van der Waals surface area contributed by atoms with Crippen LogP contribution in [0.15, 0.2) is 41.6 Å². The Labute approximate surface area is 161 Å². The third kappa shape index (κ3) is 5.10. The topological polar surface area (TPSA) is 70.7 Å². The average Bonchev–Trinajstić information content (AvgIpc) is 2.58. The Morgan fingerprint density at radius 3 is 2.59 bits per heavy atom. The van der Waals surface area contributed by atoms with Crippen molar-refractivity contribution in [1.82, 2.24) is 15.5 Å². The van der Waals surface area contributed by atoms with Gasteiger partial charge in [0.25, 0.3) is 0 Å². The van der Waals surface area contributed by atoms with Gasteiger partial charge in [0.15, 0.2) is 0 Å². The minimum Gasteiger partial charge on any atom is -0.463 e. The van der Waals surface area contributed by atoms with E-state index in [1.165, 1.54) is 24.8 Å². The van der Waals surface area contributed by atoms with Gasteiger partial charge in [0.05, 0.1) is 18.2 Å². The van der Waals surface area contributed by atoms with E-state index in [2.05, 4.69) is 27.7 Å². The predicted octanol–water partition coefficient (Wildman–Crippen LogP) is 2.81. The maximum absolute atomic E-state index is 12.5. The molecule has 1 saturated carbocycles. The van der Waals surface area contributed by atoms with Crippen LogP contribution in [0.25, 0.3) is 0 Å². The number of hydrogen-bond acceptors (Lipinski definition) is 4. The van der Waals surface area contributed by atoms with Crippen LogP contribution >= 0.6 is 0 Å². The fourth-order valence-electron chi connectivity index (χ4n) is 3.69. The van der Waals surface area contributed by atoms with Gasteiger partial charge in [0.1, 0.15) is 0 Å². The molecule has 1 fully saturated rings. The molecule has 27 heavy (non-hydrogen) atoms. The Bertz CT molecular complexity index is 698. The number of ether oxygens (including phenoxy) is 1. The highest BCUT2D eigenvalue weighted by atomic mass is 16.5. The van der Waals surface area contributed by atoms with E-state index < -0.39 is 0 Å². The van der Waals surface area contributed by atoms with Crippen molar-refractivity contribution in [2.75, 3.05) is 19.7 Å². The Morgan fingerprint density at radius 2 is 1.96 bits per heavy atom. The molecule has 1 aromatic rings. The van der Waals surface area contributed by atoms with E-state index >= 15 is 0 Å². The van der Waals surface area contributed by atoms with E-state index in [1.807, 2.05) is 25.1 Å². The van der Waals surface area contributed by atoms with E-state index in [0.29, 0.717) is 30.3 Å². The molecule has 1 aliphatic carbocycles. The molecule has 0 spiro atoms. The first-order chi connectivity index (χ1) is 13.1. The zero-order chi connectivity index (χ0) is 19.2. The monoisotopic (exact) mass is 371 g/mol. The molecule has 1 unspecified atom stereocenters. The van der Waals surface area contributed by atoms with E-state index in [4.69, 9.17) is 4.74 Å². The van der Waals surface area contributed by atoms with E-state index in [-0.39, 0.29) is 18.0 Å². The lowest BCUT2D eigenvalue weighted by molar-refractivity contribution is -0.139. The van der Waals surface area contributed by atoms with Crippen LogP contribution in [0.4, 0.5) is 4.79 Å². The highest BCUT2D eigenvalue weighted by Gasteiger charge is 2.31. The number of nitrogens with one attached hydrogen (secondary N) is 2. The van der Waals surface area contributed by atoms with E-state index in [0.717, 1.165) is 13.1 Å². The van der Waals surface area contributed by atoms with Gasteiger partial charge in [0.2, 0.25) is 0 Å². The van der Waals surface area contributed by atoms with Gasteiger partial charge in [-0.1, -0.05) is 36.8 Å². The van der Waals surface area contributed by atoms with Gasteiger partial charge in [-0.2, -0.15) is 0 Å². The second kappa shape index (κ2) is 9.04. The summed E-state index contributed by atoms with van der Waals surface area (Å²) in [6.45, 7) is 6.19. The molecular formula is C21H29N3O3. The number of benzene rings is 1. The molecule has 2 amide bonds. The molecule has 1 heterocycles. The van der Waals surface area contributed by atoms with Gasteiger partial charge < -0.3 is 15.4 Å². The summed E-state index contributed by atoms with van der Waals surface area (Å²) in [7, 11) is 0. The highest BCUT2D eigenvalue weighted by Crippen LogP contribution is 2.28. The Balaban J connectivity index is 1.82. The van der Waals surface area contributed by atoms with Crippen LogP contribution < -0.4 is 10.6 Å². The van der Waals surface area contributed by atoms with Crippen LogP contribution in [0.2, 0.25) is 0 Å². The number of amides is 2. The predicted molar refractivity (Wildman–Crippen MR) is 104 cm³/mol. The summed E-state index contributed by atoms with van der Waals surface area (Å²) >= 11 is 0. The number of rotatable bonds is 8. The lowest BCUT2D eigenvalue weighted by Gasteiger charge is -2.35. The molecule has 2 N–H and O–H groups in total. The van der Waals surface area contributed by atoms with Gasteiger partial charge in [-0.05, 0) is 38.2 Å². The minimum atomic E-state index is -0.366. The fraction of sp³-hybridized carbons (Fsp3) is 0.524. The van der Waals surface area contributed by atoms with Crippen LogP contribution in [0.5, 0.6) is 0 Å². The lowest BCUT2D eigenvalue weighted by atomic mass is 9.85. The quantitative estimate of drug-likeness (QED) is 0.690. The number of esters is 1. The molecule has 1 atom stereocenters. The molecule has 6 heteroatoms. The van der Waals surface area contributed by atoms with E-state index in [1.54, 1.807) is 6.92 Å². The smallest absolute Gasteiger partial charge is 0.337 e. The standard InChI is InChI=1S/C21H29N3O3/c1-3-27-20(25)19-15(2)22-21(26)23-18(19)14-24(13-17-10-7-11-17)12-16-8-5-4-6-9-16/h4-6,8-9,15,17H,3,7,10-14H2,1-2H3,(H2,22,23,26). The first kappa shape index (κ1) is 19.4. The Kier molecular flexibility index (Phi) is 6.50. The Morgan fingerprint density at radius 1 is 1.22 bits per heavy atom. The maximum atomic E-state index is 12.5. The SMILES string of the molecule is CCOC(=O)C1=C(CN(Cc2ccccc2)CC2CCC2)NC(=O)NC1C. The first-order valence-corrected chi connectivity index (χ1v) is 9.80. The van der Waals surface area contributed by atoms with E-state index in [9.17, 15) is 9.59 Å². The summed E-state index contributed by atoms with van der Waals surface area (Å²) in [5.74, 6) is 0.325. The van der Waals surface area contributed by atoms with Gasteiger partial charge in [-0.3, -0.25) is 4.90 Å². The van der Waals surface area contributed by atoms with Crippen LogP contribution in [-0.4, -0.2) is 42.6 Å². The summed E-state index contributed by atoms with van der Waals surface area (Å²) in [4.78, 5) is 26.8. The number of hydrogen-bond donors (Lipinski definition) is 2. The molecule has 1 aromatic carbocycles. The van der Waals surface area contributed by atoms with Gasteiger partial charge in [-0.25, -0.2) is 9.59 Å². The van der Waals surface area contributed by atoms with Crippen molar-refractivity contribution >= 4 is 12.0 Å². The molecule has 0 saturated heterocycles. The van der Waals surface area contributed by atoms with Crippen molar-refractivity contribution < 1.29 is 14.3 Å². The number of carbonyl (C=O) groups is 2. The van der Waals surface area contributed by atoms with Crippen molar-refractivity contribution in [3.05, 3.63) is 47.2 Å². The molecule has 0 radical (unpaired) electrons. The molecule has 1 aliphatic heterocycles. The number of carbonyl (C=O) groups excluding carboxylic acids is 2. The molecule has 146 valence electrons. The Hall–Kier alpha value is -2.34. The van der Waals surface area contributed by atoms with Crippen LogP contribution in [0.3, 0.4) is 0 Å². The minimum absolute atomic E-state index is 0.270. The summed E-state index contributed by atoms with van der Waals surface area (Å²) in [6.07, 6.45) is 3.79. The van der Waals surface area contributed by atoms with Crippen molar-refractivity contribution in [3.8, 4) is 0 Å².